The summed E-state index contributed by atoms with van der Waals surface area (Å²) in [6.45, 7) is 7.33. The molecule has 5 heteroatoms. The fraction of sp³-hybridized carbons (Fsp3) is 0.846. The standard InChI is InChI=1S/C13H24N2O3/c1-9(2)10(11(16)18-4)15-12(17)13(3)6-5-7-14-8-13/h9-10,14H,5-8H2,1-4H3,(H,15,17). The topological polar surface area (TPSA) is 67.4 Å². The van der Waals surface area contributed by atoms with Gasteiger partial charge in [0.05, 0.1) is 12.5 Å². The van der Waals surface area contributed by atoms with Gasteiger partial charge in [0.2, 0.25) is 5.91 Å². The van der Waals surface area contributed by atoms with E-state index in [1.54, 1.807) is 0 Å². The fourth-order valence-electron chi connectivity index (χ4n) is 2.19. The Balaban J connectivity index is 2.68. The van der Waals surface area contributed by atoms with E-state index in [2.05, 4.69) is 10.6 Å². The van der Waals surface area contributed by atoms with Gasteiger partial charge < -0.3 is 15.4 Å². The highest BCUT2D eigenvalue weighted by Gasteiger charge is 2.37. The van der Waals surface area contributed by atoms with Gasteiger partial charge >= 0.3 is 5.97 Å². The number of carbonyl (C=O) groups excluding carboxylic acids is 2. The van der Waals surface area contributed by atoms with Gasteiger partial charge in [0.25, 0.3) is 0 Å². The van der Waals surface area contributed by atoms with Gasteiger partial charge in [0.15, 0.2) is 0 Å². The fourth-order valence-corrected chi connectivity index (χ4v) is 2.19. The van der Waals surface area contributed by atoms with Crippen LogP contribution in [0.15, 0.2) is 0 Å². The Morgan fingerprint density at radius 1 is 1.39 bits per heavy atom. The van der Waals surface area contributed by atoms with Crippen molar-refractivity contribution in [1.82, 2.24) is 10.6 Å². The zero-order valence-corrected chi connectivity index (χ0v) is 11.7. The van der Waals surface area contributed by atoms with Gasteiger partial charge in [-0.1, -0.05) is 13.8 Å². The van der Waals surface area contributed by atoms with Gasteiger partial charge in [-0.15, -0.1) is 0 Å². The van der Waals surface area contributed by atoms with Crippen LogP contribution in [0.3, 0.4) is 0 Å². The molecule has 18 heavy (non-hydrogen) atoms. The molecule has 2 N–H and O–H groups in total. The van der Waals surface area contributed by atoms with Crippen LogP contribution in [-0.4, -0.2) is 38.1 Å². The Morgan fingerprint density at radius 3 is 2.50 bits per heavy atom. The summed E-state index contributed by atoms with van der Waals surface area (Å²) in [7, 11) is 1.34. The summed E-state index contributed by atoms with van der Waals surface area (Å²) in [4.78, 5) is 23.9. The molecule has 1 amide bonds. The number of rotatable bonds is 4. The highest BCUT2D eigenvalue weighted by atomic mass is 16.5. The quantitative estimate of drug-likeness (QED) is 0.726. The molecule has 2 atom stereocenters. The van der Waals surface area contributed by atoms with Crippen molar-refractivity contribution in [1.29, 1.82) is 0 Å². The lowest BCUT2D eigenvalue weighted by Crippen LogP contribution is -2.54. The summed E-state index contributed by atoms with van der Waals surface area (Å²) in [6.07, 6.45) is 1.83. The largest absolute Gasteiger partial charge is 0.467 e. The first kappa shape index (κ1) is 15.0. The molecule has 104 valence electrons. The molecular weight excluding hydrogens is 232 g/mol. The highest BCUT2D eigenvalue weighted by molar-refractivity contribution is 5.88. The molecule has 0 aromatic rings. The van der Waals surface area contributed by atoms with Crippen LogP contribution in [-0.2, 0) is 14.3 Å². The SMILES string of the molecule is COC(=O)C(NC(=O)C1(C)CCCNC1)C(C)C. The van der Waals surface area contributed by atoms with Gasteiger partial charge in [0, 0.05) is 6.54 Å². The van der Waals surface area contributed by atoms with Gasteiger partial charge in [0.1, 0.15) is 6.04 Å². The monoisotopic (exact) mass is 256 g/mol. The molecule has 0 bridgehead atoms. The van der Waals surface area contributed by atoms with Crippen molar-refractivity contribution in [3.8, 4) is 0 Å². The lowest BCUT2D eigenvalue weighted by Gasteiger charge is -2.34. The van der Waals surface area contributed by atoms with Crippen LogP contribution in [0.2, 0.25) is 0 Å². The summed E-state index contributed by atoms with van der Waals surface area (Å²) < 4.78 is 4.73. The molecule has 0 aromatic heterocycles. The maximum absolute atomic E-state index is 12.3. The number of amides is 1. The van der Waals surface area contributed by atoms with Crippen LogP contribution in [0.25, 0.3) is 0 Å². The van der Waals surface area contributed by atoms with Crippen LogP contribution in [0.5, 0.6) is 0 Å². The third-order valence-electron chi connectivity index (χ3n) is 3.55. The predicted octanol–water partition coefficient (Wildman–Crippen LogP) is 0.690. The van der Waals surface area contributed by atoms with Crippen molar-refractivity contribution < 1.29 is 14.3 Å². The average Bonchev–Trinajstić information content (AvgIpc) is 2.35. The van der Waals surface area contributed by atoms with Crippen molar-refractivity contribution in [2.75, 3.05) is 20.2 Å². The zero-order chi connectivity index (χ0) is 13.8. The molecule has 0 aromatic carbocycles. The number of carbonyl (C=O) groups is 2. The Bertz CT molecular complexity index is 309. The van der Waals surface area contributed by atoms with E-state index in [4.69, 9.17) is 4.74 Å². The van der Waals surface area contributed by atoms with Crippen molar-refractivity contribution >= 4 is 11.9 Å². The first-order chi connectivity index (χ1) is 8.40. The van der Waals surface area contributed by atoms with Crippen LogP contribution in [0, 0.1) is 11.3 Å². The molecule has 1 saturated heterocycles. The van der Waals surface area contributed by atoms with Crippen molar-refractivity contribution in [2.24, 2.45) is 11.3 Å². The molecular formula is C13H24N2O3. The molecule has 1 aliphatic rings. The van der Waals surface area contributed by atoms with E-state index in [9.17, 15) is 9.59 Å². The molecule has 0 aliphatic carbocycles. The zero-order valence-electron chi connectivity index (χ0n) is 11.7. The third-order valence-corrected chi connectivity index (χ3v) is 3.55. The number of methoxy groups -OCH3 is 1. The van der Waals surface area contributed by atoms with E-state index in [0.29, 0.717) is 6.54 Å². The molecule has 2 unspecified atom stereocenters. The normalized spacial score (nSPS) is 25.6. The van der Waals surface area contributed by atoms with Crippen LogP contribution in [0.1, 0.15) is 33.6 Å². The molecule has 1 aliphatic heterocycles. The Morgan fingerprint density at radius 2 is 2.06 bits per heavy atom. The van der Waals surface area contributed by atoms with Crippen molar-refractivity contribution in [3.05, 3.63) is 0 Å². The first-order valence-electron chi connectivity index (χ1n) is 6.50. The minimum absolute atomic E-state index is 0.0153. The van der Waals surface area contributed by atoms with Crippen molar-refractivity contribution in [2.45, 2.75) is 39.7 Å². The minimum Gasteiger partial charge on any atom is -0.467 e. The molecule has 5 nitrogen and oxygen atoms in total. The van der Waals surface area contributed by atoms with E-state index in [0.717, 1.165) is 19.4 Å². The minimum atomic E-state index is -0.568. The number of esters is 1. The molecule has 0 spiro atoms. The van der Waals surface area contributed by atoms with Crippen molar-refractivity contribution in [3.63, 3.8) is 0 Å². The second kappa shape index (κ2) is 6.18. The third kappa shape index (κ3) is 3.45. The van der Waals surface area contributed by atoms with E-state index in [-0.39, 0.29) is 17.8 Å². The van der Waals surface area contributed by atoms with Gasteiger partial charge in [-0.05, 0) is 32.2 Å². The second-order valence-corrected chi connectivity index (χ2v) is 5.56. The Kier molecular flexibility index (Phi) is 5.14. The lowest BCUT2D eigenvalue weighted by atomic mass is 9.81. The summed E-state index contributed by atoms with van der Waals surface area (Å²) in [5, 5.41) is 6.05. The maximum atomic E-state index is 12.3. The van der Waals surface area contributed by atoms with Crippen LogP contribution >= 0.6 is 0 Å². The number of hydrogen-bond donors (Lipinski definition) is 2. The van der Waals surface area contributed by atoms with Crippen LogP contribution in [0.4, 0.5) is 0 Å². The summed E-state index contributed by atoms with van der Waals surface area (Å²) in [5.41, 5.74) is -0.431. The molecule has 0 radical (unpaired) electrons. The predicted molar refractivity (Wildman–Crippen MR) is 69.0 cm³/mol. The van der Waals surface area contributed by atoms with E-state index < -0.39 is 11.5 Å². The number of ether oxygens (including phenoxy) is 1. The molecule has 1 rings (SSSR count). The number of piperidine rings is 1. The van der Waals surface area contributed by atoms with E-state index in [1.165, 1.54) is 7.11 Å². The average molecular weight is 256 g/mol. The van der Waals surface area contributed by atoms with Gasteiger partial charge in [-0.25, -0.2) is 4.79 Å². The summed E-state index contributed by atoms with van der Waals surface area (Å²) in [6, 6.07) is -0.568. The highest BCUT2D eigenvalue weighted by Crippen LogP contribution is 2.26. The summed E-state index contributed by atoms with van der Waals surface area (Å²) >= 11 is 0. The van der Waals surface area contributed by atoms with E-state index in [1.807, 2.05) is 20.8 Å². The Labute approximate surface area is 109 Å². The molecule has 1 fully saturated rings. The molecule has 1 heterocycles. The van der Waals surface area contributed by atoms with E-state index >= 15 is 0 Å². The first-order valence-corrected chi connectivity index (χ1v) is 6.50. The van der Waals surface area contributed by atoms with Gasteiger partial charge in [-0.2, -0.15) is 0 Å². The smallest absolute Gasteiger partial charge is 0.328 e. The lowest BCUT2D eigenvalue weighted by molar-refractivity contribution is -0.148. The second-order valence-electron chi connectivity index (χ2n) is 5.56. The summed E-state index contributed by atoms with van der Waals surface area (Å²) in [5.74, 6) is -0.439. The molecule has 0 saturated carbocycles. The van der Waals surface area contributed by atoms with Gasteiger partial charge in [-0.3, -0.25) is 4.79 Å². The Hall–Kier alpha value is -1.10. The number of nitrogens with one attached hydrogen (secondary N) is 2. The number of hydrogen-bond acceptors (Lipinski definition) is 4. The van der Waals surface area contributed by atoms with Crippen LogP contribution < -0.4 is 10.6 Å². The maximum Gasteiger partial charge on any atom is 0.328 e.